The molecule has 2 heterocycles. The predicted molar refractivity (Wildman–Crippen MR) is 147 cm³/mol. The molecule has 0 fully saturated rings. The van der Waals surface area contributed by atoms with E-state index in [0.717, 1.165) is 9.87 Å². The van der Waals surface area contributed by atoms with Crippen molar-refractivity contribution in [3.8, 4) is 11.3 Å². The van der Waals surface area contributed by atoms with Gasteiger partial charge in [-0.05, 0) is 56.3 Å². The third-order valence-corrected chi connectivity index (χ3v) is 7.82. The van der Waals surface area contributed by atoms with Crippen LogP contribution in [0, 0.1) is 6.92 Å². The summed E-state index contributed by atoms with van der Waals surface area (Å²) < 4.78 is 39.9. The van der Waals surface area contributed by atoms with E-state index in [1.807, 2.05) is 25.1 Å². The molecule has 9 heteroatoms. The molecule has 0 aliphatic carbocycles. The zero-order valence-corrected chi connectivity index (χ0v) is 22.0. The molecular formula is C30H24N2O6S. The van der Waals surface area contributed by atoms with Gasteiger partial charge < -0.3 is 9.15 Å². The Hall–Kier alpha value is -4.76. The number of nitrogens with zero attached hydrogens (tertiary/aromatic N) is 2. The van der Waals surface area contributed by atoms with Crippen LogP contribution < -0.4 is 4.31 Å². The largest absolute Gasteiger partial charge is 0.462 e. The zero-order chi connectivity index (χ0) is 27.6. The van der Waals surface area contributed by atoms with Gasteiger partial charge in [0.1, 0.15) is 16.9 Å². The van der Waals surface area contributed by atoms with E-state index in [0.29, 0.717) is 16.5 Å². The molecule has 0 aliphatic rings. The number of rotatable bonds is 7. The van der Waals surface area contributed by atoms with Gasteiger partial charge in [-0.25, -0.2) is 13.2 Å². The van der Waals surface area contributed by atoms with E-state index in [-0.39, 0.29) is 34.1 Å². The van der Waals surface area contributed by atoms with Crippen LogP contribution in [0.15, 0.2) is 107 Å². The van der Waals surface area contributed by atoms with Gasteiger partial charge in [0.15, 0.2) is 0 Å². The molecule has 0 spiro atoms. The van der Waals surface area contributed by atoms with E-state index in [1.54, 1.807) is 31.2 Å². The van der Waals surface area contributed by atoms with Crippen molar-refractivity contribution in [2.45, 2.75) is 18.7 Å². The lowest BCUT2D eigenvalue weighted by Gasteiger charge is -2.23. The van der Waals surface area contributed by atoms with E-state index in [4.69, 9.17) is 9.15 Å². The maximum absolute atomic E-state index is 13.9. The average Bonchev–Trinajstić information content (AvgIpc) is 3.33. The molecule has 0 atom stereocenters. The number of anilines is 1. The van der Waals surface area contributed by atoms with Gasteiger partial charge in [0, 0.05) is 28.9 Å². The predicted octanol–water partition coefficient (Wildman–Crippen LogP) is 6.02. The number of hydrogen-bond acceptors (Lipinski definition) is 7. The van der Waals surface area contributed by atoms with Crippen molar-refractivity contribution in [1.82, 2.24) is 4.98 Å². The maximum Gasteiger partial charge on any atom is 0.342 e. The first-order valence-corrected chi connectivity index (χ1v) is 13.6. The van der Waals surface area contributed by atoms with Crippen molar-refractivity contribution in [2.75, 3.05) is 10.9 Å². The summed E-state index contributed by atoms with van der Waals surface area (Å²) in [6.07, 6.45) is 2.82. The van der Waals surface area contributed by atoms with Crippen LogP contribution in [0.1, 0.15) is 33.2 Å². The molecular weight excluding hydrogens is 516 g/mol. The van der Waals surface area contributed by atoms with Crippen LogP contribution in [0.5, 0.6) is 0 Å². The van der Waals surface area contributed by atoms with Crippen LogP contribution in [0.25, 0.3) is 22.3 Å². The topological polar surface area (TPSA) is 107 Å². The van der Waals surface area contributed by atoms with Gasteiger partial charge in [-0.15, -0.1) is 0 Å². The standard InChI is InChI=1S/C30H24N2O6S/c1-3-37-30(34)27-25-19-23(11-14-26(25)38-28(27)21-7-5-4-6-8-21)32(29(33)22-15-17-31-18-16-22)39(35,36)24-12-9-20(2)10-13-24/h4-19H,3H2,1-2H3. The number of carbonyl (C=O) groups is 2. The Morgan fingerprint density at radius 3 is 2.28 bits per heavy atom. The van der Waals surface area contributed by atoms with Crippen LogP contribution in [0.4, 0.5) is 5.69 Å². The third-order valence-electron chi connectivity index (χ3n) is 6.09. The molecule has 0 saturated carbocycles. The van der Waals surface area contributed by atoms with Gasteiger partial charge in [-0.2, -0.15) is 4.31 Å². The average molecular weight is 541 g/mol. The summed E-state index contributed by atoms with van der Waals surface area (Å²) in [7, 11) is -4.36. The van der Waals surface area contributed by atoms with E-state index in [1.165, 1.54) is 54.9 Å². The summed E-state index contributed by atoms with van der Waals surface area (Å²) in [5, 5.41) is 0.316. The minimum absolute atomic E-state index is 0.0378. The highest BCUT2D eigenvalue weighted by Crippen LogP contribution is 2.37. The number of sulfonamides is 1. The Kier molecular flexibility index (Phi) is 7.00. The molecule has 3 aromatic carbocycles. The van der Waals surface area contributed by atoms with Crippen molar-refractivity contribution in [1.29, 1.82) is 0 Å². The summed E-state index contributed by atoms with van der Waals surface area (Å²) >= 11 is 0. The summed E-state index contributed by atoms with van der Waals surface area (Å²) in [4.78, 5) is 30.7. The van der Waals surface area contributed by atoms with Crippen molar-refractivity contribution >= 4 is 38.6 Å². The second-order valence-electron chi connectivity index (χ2n) is 8.70. The Labute approximate surface area is 225 Å². The van der Waals surface area contributed by atoms with Crippen molar-refractivity contribution < 1.29 is 27.2 Å². The molecule has 8 nitrogen and oxygen atoms in total. The monoisotopic (exact) mass is 540 g/mol. The van der Waals surface area contributed by atoms with Crippen LogP contribution in [-0.2, 0) is 14.8 Å². The van der Waals surface area contributed by atoms with Crippen LogP contribution >= 0.6 is 0 Å². The fraction of sp³-hybridized carbons (Fsp3) is 0.100. The molecule has 0 aliphatic heterocycles. The number of pyridine rings is 1. The van der Waals surface area contributed by atoms with E-state index < -0.39 is 21.9 Å². The van der Waals surface area contributed by atoms with Crippen LogP contribution in [0.3, 0.4) is 0 Å². The lowest BCUT2D eigenvalue weighted by molar-refractivity contribution is 0.0528. The van der Waals surface area contributed by atoms with E-state index in [9.17, 15) is 18.0 Å². The minimum Gasteiger partial charge on any atom is -0.462 e. The van der Waals surface area contributed by atoms with Gasteiger partial charge in [-0.1, -0.05) is 48.0 Å². The Bertz CT molecular complexity index is 1760. The number of esters is 1. The quantitative estimate of drug-likeness (QED) is 0.233. The van der Waals surface area contributed by atoms with Gasteiger partial charge >= 0.3 is 5.97 Å². The Morgan fingerprint density at radius 1 is 0.923 bits per heavy atom. The van der Waals surface area contributed by atoms with Crippen molar-refractivity contribution in [2.24, 2.45) is 0 Å². The summed E-state index contributed by atoms with van der Waals surface area (Å²) in [6.45, 7) is 3.66. The number of aryl methyl sites for hydroxylation is 1. The van der Waals surface area contributed by atoms with Gasteiger partial charge in [0.2, 0.25) is 0 Å². The smallest absolute Gasteiger partial charge is 0.342 e. The number of benzene rings is 3. The van der Waals surface area contributed by atoms with Crippen LogP contribution in [0.2, 0.25) is 0 Å². The molecule has 0 radical (unpaired) electrons. The van der Waals surface area contributed by atoms with Gasteiger partial charge in [0.05, 0.1) is 17.2 Å². The summed E-state index contributed by atoms with van der Waals surface area (Å²) in [6, 6.07) is 22.6. The Morgan fingerprint density at radius 2 is 1.62 bits per heavy atom. The fourth-order valence-electron chi connectivity index (χ4n) is 4.20. The minimum atomic E-state index is -4.36. The van der Waals surface area contributed by atoms with Crippen molar-refractivity contribution in [3.63, 3.8) is 0 Å². The molecule has 0 bridgehead atoms. The third kappa shape index (κ3) is 4.92. The normalized spacial score (nSPS) is 11.3. The number of hydrogen-bond donors (Lipinski definition) is 0. The van der Waals surface area contributed by atoms with Crippen molar-refractivity contribution in [3.05, 3.63) is 114 Å². The zero-order valence-electron chi connectivity index (χ0n) is 21.2. The first-order valence-electron chi connectivity index (χ1n) is 12.2. The first-order chi connectivity index (χ1) is 18.8. The van der Waals surface area contributed by atoms with Gasteiger partial charge in [0.25, 0.3) is 15.9 Å². The molecule has 196 valence electrons. The van der Waals surface area contributed by atoms with E-state index in [2.05, 4.69) is 4.98 Å². The molecule has 5 aromatic rings. The second kappa shape index (κ2) is 10.5. The molecule has 1 amide bonds. The summed E-state index contributed by atoms with van der Waals surface area (Å²) in [5.74, 6) is -1.11. The highest BCUT2D eigenvalue weighted by Gasteiger charge is 2.33. The number of amides is 1. The van der Waals surface area contributed by atoms with E-state index >= 15 is 0 Å². The molecule has 2 aromatic heterocycles. The number of ether oxygens (including phenoxy) is 1. The molecule has 0 N–H and O–H groups in total. The first kappa shape index (κ1) is 25.9. The number of carbonyl (C=O) groups excluding carboxylic acids is 2. The lowest BCUT2D eigenvalue weighted by Crippen LogP contribution is -2.37. The fourth-order valence-corrected chi connectivity index (χ4v) is 5.61. The molecule has 5 rings (SSSR count). The Balaban J connectivity index is 1.74. The highest BCUT2D eigenvalue weighted by atomic mass is 32.2. The summed E-state index contributed by atoms with van der Waals surface area (Å²) in [5.41, 5.74) is 2.16. The van der Waals surface area contributed by atoms with Crippen LogP contribution in [-0.4, -0.2) is 31.9 Å². The number of aromatic nitrogens is 1. The maximum atomic E-state index is 13.9. The SMILES string of the molecule is CCOC(=O)c1c(-c2ccccc2)oc2ccc(N(C(=O)c3ccncc3)S(=O)(=O)c3ccc(C)cc3)cc12. The lowest BCUT2D eigenvalue weighted by atomic mass is 10.1. The number of furan rings is 1. The van der Waals surface area contributed by atoms with Gasteiger partial charge in [-0.3, -0.25) is 9.78 Å². The molecule has 0 saturated heterocycles. The molecule has 0 unspecified atom stereocenters. The molecule has 39 heavy (non-hydrogen) atoms. The number of fused-ring (bicyclic) bond motifs is 1. The highest BCUT2D eigenvalue weighted by molar-refractivity contribution is 7.93. The second-order valence-corrected chi connectivity index (χ2v) is 10.5.